The molecule has 0 saturated carbocycles. The van der Waals surface area contributed by atoms with Crippen molar-refractivity contribution in [2.45, 2.75) is 30.8 Å². The molecule has 0 aliphatic carbocycles. The number of ether oxygens (including phenoxy) is 3. The van der Waals surface area contributed by atoms with Crippen LogP contribution in [0.4, 0.5) is 0 Å². The van der Waals surface area contributed by atoms with Crippen molar-refractivity contribution in [2.75, 3.05) is 27.4 Å². The number of hydrogen-bond donors (Lipinski definition) is 1. The standard InChI is InChI=1S/C23H25N3O7S/c1-14(24-22-17-6-4-5-7-20(17)34(29,30)25-22)23(28)33-13-21(27)26-9-8-15-10-18(31-2)19(32-3)11-16(15)12-26/h4-7,10-11,14H,8-9,12-13H2,1-3H3,(H,24,25)/t14-/m0/s1. The van der Waals surface area contributed by atoms with E-state index in [0.29, 0.717) is 36.6 Å². The van der Waals surface area contributed by atoms with Gasteiger partial charge in [0.05, 0.1) is 19.1 Å². The average molecular weight is 488 g/mol. The van der Waals surface area contributed by atoms with Gasteiger partial charge >= 0.3 is 5.97 Å². The van der Waals surface area contributed by atoms with E-state index in [1.165, 1.54) is 13.0 Å². The third kappa shape index (κ3) is 4.56. The minimum atomic E-state index is -3.71. The Labute approximate surface area is 197 Å². The number of fused-ring (bicyclic) bond motifs is 2. The van der Waals surface area contributed by atoms with Crippen molar-refractivity contribution in [3.05, 3.63) is 53.1 Å². The molecule has 0 bridgehead atoms. The lowest BCUT2D eigenvalue weighted by atomic mass is 9.99. The maximum Gasteiger partial charge on any atom is 0.331 e. The first-order valence-electron chi connectivity index (χ1n) is 10.6. The fraction of sp³-hybridized carbons (Fsp3) is 0.348. The fourth-order valence-electron chi connectivity index (χ4n) is 3.92. The monoisotopic (exact) mass is 487 g/mol. The molecule has 2 aromatic rings. The number of nitrogens with zero attached hydrogens (tertiary/aromatic N) is 2. The van der Waals surface area contributed by atoms with Crippen LogP contribution in [0.1, 0.15) is 23.6 Å². The van der Waals surface area contributed by atoms with Crippen LogP contribution in [-0.2, 0) is 37.3 Å². The zero-order chi connectivity index (χ0) is 24.5. The van der Waals surface area contributed by atoms with Gasteiger partial charge in [-0.2, -0.15) is 0 Å². The number of amidine groups is 1. The maximum atomic E-state index is 12.7. The molecule has 1 amide bonds. The molecule has 10 nitrogen and oxygen atoms in total. The van der Waals surface area contributed by atoms with Gasteiger partial charge in [-0.05, 0) is 48.7 Å². The van der Waals surface area contributed by atoms with Crippen molar-refractivity contribution in [1.29, 1.82) is 0 Å². The first-order chi connectivity index (χ1) is 16.2. The Morgan fingerprint density at radius 2 is 1.79 bits per heavy atom. The van der Waals surface area contributed by atoms with Gasteiger partial charge in [-0.1, -0.05) is 12.1 Å². The van der Waals surface area contributed by atoms with Gasteiger partial charge in [-0.15, -0.1) is 0 Å². The Bertz CT molecular complexity index is 1270. The molecule has 2 heterocycles. The van der Waals surface area contributed by atoms with Gasteiger partial charge in [-0.3, -0.25) is 14.5 Å². The molecule has 2 aliphatic heterocycles. The van der Waals surface area contributed by atoms with Crippen LogP contribution in [0.2, 0.25) is 0 Å². The summed E-state index contributed by atoms with van der Waals surface area (Å²) in [5.41, 5.74) is 2.40. The van der Waals surface area contributed by atoms with E-state index in [2.05, 4.69) is 9.71 Å². The molecule has 0 unspecified atom stereocenters. The minimum absolute atomic E-state index is 0.0726. The third-order valence-corrected chi connectivity index (χ3v) is 7.13. The lowest BCUT2D eigenvalue weighted by Gasteiger charge is -2.29. The first-order valence-corrected chi connectivity index (χ1v) is 12.1. The average Bonchev–Trinajstić information content (AvgIpc) is 3.10. The summed E-state index contributed by atoms with van der Waals surface area (Å²) in [7, 11) is -0.587. The second kappa shape index (κ2) is 9.34. The van der Waals surface area contributed by atoms with Crippen molar-refractivity contribution in [2.24, 2.45) is 4.99 Å². The Morgan fingerprint density at radius 3 is 2.50 bits per heavy atom. The smallest absolute Gasteiger partial charge is 0.331 e. The van der Waals surface area contributed by atoms with Gasteiger partial charge in [0, 0.05) is 18.7 Å². The number of methoxy groups -OCH3 is 2. The van der Waals surface area contributed by atoms with E-state index < -0.39 is 28.6 Å². The summed E-state index contributed by atoms with van der Waals surface area (Å²) in [4.78, 5) is 31.0. The number of aliphatic imine (C=N–C) groups is 1. The number of carbonyl (C=O) groups is 2. The lowest BCUT2D eigenvalue weighted by Crippen LogP contribution is -2.39. The third-order valence-electron chi connectivity index (χ3n) is 5.74. The van der Waals surface area contributed by atoms with Crippen LogP contribution in [0.25, 0.3) is 0 Å². The minimum Gasteiger partial charge on any atom is -0.493 e. The van der Waals surface area contributed by atoms with Crippen molar-refractivity contribution < 1.29 is 32.2 Å². The van der Waals surface area contributed by atoms with Crippen molar-refractivity contribution >= 4 is 27.7 Å². The van der Waals surface area contributed by atoms with Crippen LogP contribution < -0.4 is 14.2 Å². The summed E-state index contributed by atoms with van der Waals surface area (Å²) in [5, 5.41) is 0. The summed E-state index contributed by atoms with van der Waals surface area (Å²) in [5.74, 6) is 0.231. The molecular formula is C23H25N3O7S. The van der Waals surface area contributed by atoms with Crippen molar-refractivity contribution in [1.82, 2.24) is 9.62 Å². The molecule has 34 heavy (non-hydrogen) atoms. The number of benzene rings is 2. The number of sulfonamides is 1. The zero-order valence-electron chi connectivity index (χ0n) is 19.0. The first kappa shape index (κ1) is 23.6. The van der Waals surface area contributed by atoms with E-state index in [9.17, 15) is 18.0 Å². The van der Waals surface area contributed by atoms with E-state index in [1.807, 2.05) is 12.1 Å². The number of nitrogens with one attached hydrogen (secondary N) is 1. The SMILES string of the molecule is COc1cc2c(cc1OC)CN(C(=O)COC(=O)[C@H](C)N=C1NS(=O)(=O)c3ccccc31)CC2. The maximum absolute atomic E-state index is 12.7. The predicted octanol–water partition coefficient (Wildman–Crippen LogP) is 1.26. The summed E-state index contributed by atoms with van der Waals surface area (Å²) in [6.07, 6.45) is 0.638. The van der Waals surface area contributed by atoms with Gasteiger partial charge < -0.3 is 19.1 Å². The zero-order valence-corrected chi connectivity index (χ0v) is 19.8. The number of rotatable bonds is 6. The van der Waals surface area contributed by atoms with E-state index >= 15 is 0 Å². The Balaban J connectivity index is 1.37. The molecule has 0 radical (unpaired) electrons. The highest BCUT2D eigenvalue weighted by atomic mass is 32.2. The number of amides is 1. The quantitative estimate of drug-likeness (QED) is 0.609. The number of esters is 1. The molecule has 180 valence electrons. The number of carbonyl (C=O) groups excluding carboxylic acids is 2. The topological polar surface area (TPSA) is 124 Å². The molecular weight excluding hydrogens is 462 g/mol. The molecule has 0 spiro atoms. The molecule has 0 fully saturated rings. The van der Waals surface area contributed by atoms with Crippen LogP contribution in [0, 0.1) is 0 Å². The fourth-order valence-corrected chi connectivity index (χ4v) is 5.16. The van der Waals surface area contributed by atoms with E-state index in [4.69, 9.17) is 14.2 Å². The molecule has 1 atom stereocenters. The van der Waals surface area contributed by atoms with Gasteiger partial charge in [0.15, 0.2) is 18.1 Å². The molecule has 2 aromatic carbocycles. The second-order valence-corrected chi connectivity index (χ2v) is 9.56. The van der Waals surface area contributed by atoms with Crippen LogP contribution in [0.3, 0.4) is 0 Å². The predicted molar refractivity (Wildman–Crippen MR) is 122 cm³/mol. The Hall–Kier alpha value is -3.60. The highest BCUT2D eigenvalue weighted by molar-refractivity contribution is 7.90. The van der Waals surface area contributed by atoms with Crippen molar-refractivity contribution in [3.63, 3.8) is 0 Å². The highest BCUT2D eigenvalue weighted by Crippen LogP contribution is 2.33. The van der Waals surface area contributed by atoms with Gasteiger partial charge in [0.25, 0.3) is 15.9 Å². The molecule has 0 aromatic heterocycles. The number of hydrogen-bond acceptors (Lipinski definition) is 8. The van der Waals surface area contributed by atoms with E-state index in [-0.39, 0.29) is 16.6 Å². The van der Waals surface area contributed by atoms with Crippen LogP contribution in [-0.4, -0.2) is 64.4 Å². The molecule has 0 saturated heterocycles. The Morgan fingerprint density at radius 1 is 1.12 bits per heavy atom. The van der Waals surface area contributed by atoms with Gasteiger partial charge in [-0.25, -0.2) is 13.2 Å². The summed E-state index contributed by atoms with van der Waals surface area (Å²) < 4.78 is 42.6. The normalized spacial score (nSPS) is 17.9. The Kier molecular flexibility index (Phi) is 6.47. The van der Waals surface area contributed by atoms with Crippen LogP contribution >= 0.6 is 0 Å². The summed E-state index contributed by atoms with van der Waals surface area (Å²) in [6, 6.07) is 9.10. The van der Waals surface area contributed by atoms with Gasteiger partial charge in [0.2, 0.25) is 0 Å². The second-order valence-electron chi connectivity index (χ2n) is 7.90. The highest BCUT2D eigenvalue weighted by Gasteiger charge is 2.31. The summed E-state index contributed by atoms with van der Waals surface area (Å²) in [6.45, 7) is 1.89. The molecule has 4 rings (SSSR count). The van der Waals surface area contributed by atoms with Gasteiger partial charge in [0.1, 0.15) is 11.9 Å². The molecule has 11 heteroatoms. The van der Waals surface area contributed by atoms with E-state index in [0.717, 1.165) is 11.1 Å². The van der Waals surface area contributed by atoms with Crippen LogP contribution in [0.5, 0.6) is 11.5 Å². The lowest BCUT2D eigenvalue weighted by molar-refractivity contribution is -0.153. The summed E-state index contributed by atoms with van der Waals surface area (Å²) >= 11 is 0. The van der Waals surface area contributed by atoms with Crippen molar-refractivity contribution in [3.8, 4) is 11.5 Å². The largest absolute Gasteiger partial charge is 0.493 e. The molecule has 2 aliphatic rings. The van der Waals surface area contributed by atoms with Crippen LogP contribution in [0.15, 0.2) is 46.3 Å². The van der Waals surface area contributed by atoms with E-state index in [1.54, 1.807) is 37.3 Å². The molecule has 1 N–H and O–H groups in total.